The zero-order chi connectivity index (χ0) is 13.4. The number of nitrogens with two attached hydrogens (primary N) is 1. The minimum atomic E-state index is -0.175. The van der Waals surface area contributed by atoms with Gasteiger partial charge in [0.25, 0.3) is 0 Å². The molecule has 1 aliphatic carbocycles. The first-order valence-corrected chi connectivity index (χ1v) is 6.88. The molecule has 0 bridgehead atoms. The molecule has 0 spiro atoms. The Balaban J connectivity index is 1.76. The summed E-state index contributed by atoms with van der Waals surface area (Å²) in [6, 6.07) is -0.0976. The van der Waals surface area contributed by atoms with Gasteiger partial charge in [0.15, 0.2) is 0 Å². The maximum atomic E-state index is 11.7. The molecule has 1 saturated heterocycles. The van der Waals surface area contributed by atoms with Gasteiger partial charge in [0.2, 0.25) is 5.91 Å². The van der Waals surface area contributed by atoms with Crippen LogP contribution in [0.1, 0.15) is 24.8 Å². The lowest BCUT2D eigenvalue weighted by molar-refractivity contribution is -0.123. The Hall–Kier alpha value is -1.62. The number of primary amides is 1. The van der Waals surface area contributed by atoms with Crippen LogP contribution in [-0.4, -0.2) is 33.2 Å². The Bertz CT molecular complexity index is 495. The van der Waals surface area contributed by atoms with Gasteiger partial charge in [0.1, 0.15) is 0 Å². The van der Waals surface area contributed by atoms with Crippen LogP contribution in [0, 0.1) is 11.8 Å². The van der Waals surface area contributed by atoms with Gasteiger partial charge in [-0.15, -0.1) is 0 Å². The van der Waals surface area contributed by atoms with Crippen molar-refractivity contribution in [2.45, 2.75) is 31.8 Å². The van der Waals surface area contributed by atoms with Crippen LogP contribution in [0.15, 0.2) is 19.0 Å². The number of hydrogen-bond acceptors (Lipinski definition) is 3. The van der Waals surface area contributed by atoms with Crippen molar-refractivity contribution in [2.24, 2.45) is 17.6 Å². The van der Waals surface area contributed by atoms with Gasteiger partial charge in [0, 0.05) is 31.0 Å². The van der Waals surface area contributed by atoms with E-state index in [0.29, 0.717) is 11.8 Å². The number of fused-ring (bicyclic) bond motifs is 1. The first-order chi connectivity index (χ1) is 9.19. The Labute approximate surface area is 113 Å². The zero-order valence-corrected chi connectivity index (χ0v) is 11.0. The average Bonchev–Trinajstić information content (AvgIpc) is 3.03. The second kappa shape index (κ2) is 4.81. The Morgan fingerprint density at radius 3 is 3.11 bits per heavy atom. The molecule has 1 saturated carbocycles. The third kappa shape index (κ3) is 2.18. The molecule has 1 aliphatic heterocycles. The fourth-order valence-corrected chi connectivity index (χ4v) is 3.74. The van der Waals surface area contributed by atoms with E-state index in [4.69, 9.17) is 5.73 Å². The highest BCUT2D eigenvalue weighted by Crippen LogP contribution is 2.42. The summed E-state index contributed by atoms with van der Waals surface area (Å²) in [5.41, 5.74) is 6.71. The van der Waals surface area contributed by atoms with Crippen molar-refractivity contribution in [1.82, 2.24) is 14.7 Å². The largest absolute Gasteiger partial charge is 0.368 e. The molecule has 1 aromatic rings. The maximum absolute atomic E-state index is 11.7. The summed E-state index contributed by atoms with van der Waals surface area (Å²) in [5.74, 6) is 0.935. The lowest BCUT2D eigenvalue weighted by atomic mass is 9.94. The Morgan fingerprint density at radius 1 is 1.58 bits per heavy atom. The third-order valence-corrected chi connectivity index (χ3v) is 4.51. The van der Waals surface area contributed by atoms with Crippen molar-refractivity contribution in [3.8, 4) is 0 Å². The number of aromatic nitrogens is 2. The topological polar surface area (TPSA) is 64.2 Å². The average molecular weight is 260 g/mol. The van der Waals surface area contributed by atoms with Crippen LogP contribution < -0.4 is 5.73 Å². The molecule has 19 heavy (non-hydrogen) atoms. The van der Waals surface area contributed by atoms with E-state index in [1.165, 1.54) is 12.8 Å². The highest BCUT2D eigenvalue weighted by atomic mass is 16.1. The van der Waals surface area contributed by atoms with Gasteiger partial charge in [-0.05, 0) is 24.7 Å². The molecule has 3 atom stereocenters. The van der Waals surface area contributed by atoms with Crippen LogP contribution in [0.25, 0.3) is 6.20 Å². The first-order valence-electron chi connectivity index (χ1n) is 6.88. The molecule has 3 rings (SSSR count). The molecular weight excluding hydrogens is 240 g/mol. The molecule has 0 radical (unpaired) electrons. The highest BCUT2D eigenvalue weighted by Gasteiger charge is 2.46. The minimum absolute atomic E-state index is 0.0976. The number of carbonyl (C=O) groups is 1. The molecule has 1 amide bonds. The number of nitrogens with zero attached hydrogens (tertiary/aromatic N) is 3. The van der Waals surface area contributed by atoms with Gasteiger partial charge < -0.3 is 5.73 Å². The van der Waals surface area contributed by atoms with Crippen LogP contribution >= 0.6 is 0 Å². The van der Waals surface area contributed by atoms with Gasteiger partial charge in [-0.2, -0.15) is 5.10 Å². The number of hydrogen-bond donors (Lipinski definition) is 1. The third-order valence-electron chi connectivity index (χ3n) is 4.51. The van der Waals surface area contributed by atoms with Gasteiger partial charge in [-0.3, -0.25) is 9.69 Å². The smallest absolute Gasteiger partial charge is 0.235 e. The monoisotopic (exact) mass is 260 g/mol. The molecule has 2 aliphatic rings. The zero-order valence-electron chi connectivity index (χ0n) is 11.0. The second-order valence-corrected chi connectivity index (χ2v) is 5.64. The number of carbonyl (C=O) groups excluding carboxylic acids is 1. The molecule has 1 aromatic heterocycles. The van der Waals surface area contributed by atoms with E-state index in [1.54, 1.807) is 10.9 Å². The van der Waals surface area contributed by atoms with E-state index in [1.807, 2.05) is 12.4 Å². The normalized spacial score (nSPS) is 30.4. The molecular formula is C14H20N4O. The first kappa shape index (κ1) is 12.4. The predicted molar refractivity (Wildman–Crippen MR) is 72.8 cm³/mol. The summed E-state index contributed by atoms with van der Waals surface area (Å²) >= 11 is 0. The molecule has 5 heteroatoms. The predicted octanol–water partition coefficient (Wildman–Crippen LogP) is 1.07. The maximum Gasteiger partial charge on any atom is 0.235 e. The molecule has 2 heterocycles. The Morgan fingerprint density at radius 2 is 2.42 bits per heavy atom. The van der Waals surface area contributed by atoms with E-state index in [-0.39, 0.29) is 11.9 Å². The van der Waals surface area contributed by atoms with Crippen LogP contribution in [0.2, 0.25) is 0 Å². The highest BCUT2D eigenvalue weighted by molar-refractivity contribution is 5.80. The van der Waals surface area contributed by atoms with Crippen molar-refractivity contribution >= 4 is 12.1 Å². The van der Waals surface area contributed by atoms with E-state index in [2.05, 4.69) is 16.6 Å². The van der Waals surface area contributed by atoms with Crippen LogP contribution in [0.3, 0.4) is 0 Å². The van der Waals surface area contributed by atoms with Crippen LogP contribution in [-0.2, 0) is 11.3 Å². The van der Waals surface area contributed by atoms with Crippen molar-refractivity contribution < 1.29 is 4.79 Å². The van der Waals surface area contributed by atoms with E-state index in [9.17, 15) is 4.79 Å². The molecule has 2 fully saturated rings. The number of likely N-dealkylation sites (tertiary alicyclic amines) is 1. The fraction of sp³-hybridized carbons (Fsp3) is 0.571. The quantitative estimate of drug-likeness (QED) is 0.880. The molecule has 0 aromatic carbocycles. The SMILES string of the molecule is C=Cn1cc(CN2C[C@@H]3CCC[C@H]3[C@H]2C(N)=O)cn1. The molecule has 0 unspecified atom stereocenters. The molecule has 5 nitrogen and oxygen atoms in total. The van der Waals surface area contributed by atoms with E-state index in [0.717, 1.165) is 25.1 Å². The van der Waals surface area contributed by atoms with Crippen LogP contribution in [0.4, 0.5) is 0 Å². The van der Waals surface area contributed by atoms with E-state index < -0.39 is 0 Å². The van der Waals surface area contributed by atoms with Gasteiger partial charge in [0.05, 0.1) is 12.2 Å². The summed E-state index contributed by atoms with van der Waals surface area (Å²) < 4.78 is 1.69. The van der Waals surface area contributed by atoms with Gasteiger partial charge in [-0.1, -0.05) is 13.0 Å². The summed E-state index contributed by atoms with van der Waals surface area (Å²) in [6.45, 7) is 5.41. The second-order valence-electron chi connectivity index (χ2n) is 5.64. The lowest BCUT2D eigenvalue weighted by Gasteiger charge is -2.24. The standard InChI is InChI=1S/C14H20N4O/c1-2-18-8-10(6-16-18)7-17-9-11-4-3-5-12(11)13(17)14(15)19/h2,6,8,11-13H,1,3-5,7,9H2,(H2,15,19)/t11-,12+,13-/m0/s1. The van der Waals surface area contributed by atoms with Crippen molar-refractivity contribution in [2.75, 3.05) is 6.54 Å². The summed E-state index contributed by atoms with van der Waals surface area (Å²) in [4.78, 5) is 14.0. The van der Waals surface area contributed by atoms with Crippen molar-refractivity contribution in [3.05, 3.63) is 24.5 Å². The number of amides is 1. The fourth-order valence-electron chi connectivity index (χ4n) is 3.74. The van der Waals surface area contributed by atoms with Crippen LogP contribution in [0.5, 0.6) is 0 Å². The van der Waals surface area contributed by atoms with Gasteiger partial charge in [-0.25, -0.2) is 4.68 Å². The van der Waals surface area contributed by atoms with E-state index >= 15 is 0 Å². The Kier molecular flexibility index (Phi) is 3.14. The summed E-state index contributed by atoms with van der Waals surface area (Å²) in [5, 5.41) is 4.17. The summed E-state index contributed by atoms with van der Waals surface area (Å²) in [6.07, 6.45) is 9.04. The van der Waals surface area contributed by atoms with Crippen molar-refractivity contribution in [1.29, 1.82) is 0 Å². The lowest BCUT2D eigenvalue weighted by Crippen LogP contribution is -2.43. The molecule has 102 valence electrons. The minimum Gasteiger partial charge on any atom is -0.368 e. The van der Waals surface area contributed by atoms with Crippen molar-refractivity contribution in [3.63, 3.8) is 0 Å². The molecule has 2 N–H and O–H groups in total. The van der Waals surface area contributed by atoms with Gasteiger partial charge >= 0.3 is 0 Å². The summed E-state index contributed by atoms with van der Waals surface area (Å²) in [7, 11) is 0. The number of rotatable bonds is 4.